The van der Waals surface area contributed by atoms with Crippen LogP contribution in [0.4, 0.5) is 0 Å². The molecule has 1 amide bonds. The van der Waals surface area contributed by atoms with E-state index in [1.807, 2.05) is 17.0 Å². The monoisotopic (exact) mass is 551 g/mol. The maximum Gasteiger partial charge on any atom is 0.229 e. The van der Waals surface area contributed by atoms with E-state index in [9.17, 15) is 9.59 Å². The van der Waals surface area contributed by atoms with Crippen molar-refractivity contribution in [2.75, 3.05) is 39.8 Å². The summed E-state index contributed by atoms with van der Waals surface area (Å²) in [7, 11) is 1.67. The Morgan fingerprint density at radius 2 is 1.69 bits per heavy atom. The highest BCUT2D eigenvalue weighted by Crippen LogP contribution is 2.44. The Morgan fingerprint density at radius 1 is 1.00 bits per heavy atom. The number of hydrogen-bond acceptors (Lipinski definition) is 5. The summed E-state index contributed by atoms with van der Waals surface area (Å²) in [6.07, 6.45) is 5.76. The van der Waals surface area contributed by atoms with E-state index in [1.54, 1.807) is 7.11 Å². The molecule has 210 valence electrons. The molecule has 39 heavy (non-hydrogen) atoms. The third-order valence-corrected chi connectivity index (χ3v) is 9.69. The molecule has 4 aliphatic rings. The maximum atomic E-state index is 13.8. The van der Waals surface area contributed by atoms with Gasteiger partial charge in [-0.05, 0) is 74.4 Å². The molecule has 7 heteroatoms. The number of nitrogens with one attached hydrogen (secondary N) is 1. The quantitative estimate of drug-likeness (QED) is 0.490. The molecule has 0 radical (unpaired) electrons. The van der Waals surface area contributed by atoms with Crippen molar-refractivity contribution in [3.63, 3.8) is 0 Å². The average Bonchev–Trinajstić information content (AvgIpc) is 3.56. The number of benzene rings is 2. The summed E-state index contributed by atoms with van der Waals surface area (Å²) in [6.45, 7) is 4.96. The molecule has 1 N–H and O–H groups in total. The van der Waals surface area contributed by atoms with Crippen LogP contribution < -0.4 is 10.1 Å². The van der Waals surface area contributed by atoms with Crippen molar-refractivity contribution in [1.82, 2.24) is 15.1 Å². The molecule has 2 aromatic carbocycles. The van der Waals surface area contributed by atoms with Crippen molar-refractivity contribution >= 4 is 24.1 Å². The van der Waals surface area contributed by atoms with E-state index in [0.29, 0.717) is 30.1 Å². The van der Waals surface area contributed by atoms with Crippen LogP contribution in [0.5, 0.6) is 5.75 Å². The third kappa shape index (κ3) is 5.89. The van der Waals surface area contributed by atoms with Gasteiger partial charge in [-0.3, -0.25) is 14.5 Å². The van der Waals surface area contributed by atoms with Gasteiger partial charge in [0.2, 0.25) is 5.91 Å². The predicted octanol–water partition coefficient (Wildman–Crippen LogP) is 4.67. The largest absolute Gasteiger partial charge is 0.497 e. The fourth-order valence-corrected chi connectivity index (χ4v) is 7.23. The number of piperidine rings is 1. The Kier molecular flexibility index (Phi) is 8.65. The molecule has 3 atom stereocenters. The van der Waals surface area contributed by atoms with Gasteiger partial charge in [0, 0.05) is 44.4 Å². The molecule has 1 unspecified atom stereocenters. The van der Waals surface area contributed by atoms with E-state index < -0.39 is 0 Å². The first kappa shape index (κ1) is 28.1. The number of nitrogens with zero attached hydrogens (tertiary/aromatic N) is 2. The predicted molar refractivity (Wildman–Crippen MR) is 155 cm³/mol. The van der Waals surface area contributed by atoms with Gasteiger partial charge in [-0.25, -0.2) is 0 Å². The van der Waals surface area contributed by atoms with E-state index in [0.717, 1.165) is 69.7 Å². The van der Waals surface area contributed by atoms with Crippen LogP contribution in [0.3, 0.4) is 0 Å². The summed E-state index contributed by atoms with van der Waals surface area (Å²) in [4.78, 5) is 32.0. The van der Waals surface area contributed by atoms with Crippen LogP contribution in [0, 0.1) is 17.3 Å². The molecule has 1 spiro atoms. The van der Waals surface area contributed by atoms with Crippen molar-refractivity contribution < 1.29 is 14.3 Å². The lowest BCUT2D eigenvalue weighted by molar-refractivity contribution is -0.140. The van der Waals surface area contributed by atoms with Gasteiger partial charge in [0.1, 0.15) is 5.75 Å². The van der Waals surface area contributed by atoms with E-state index in [2.05, 4.69) is 52.7 Å². The number of halogens is 1. The number of hydrogen-bond donors (Lipinski definition) is 1. The van der Waals surface area contributed by atoms with E-state index in [4.69, 9.17) is 4.74 Å². The molecule has 1 saturated carbocycles. The van der Waals surface area contributed by atoms with E-state index in [1.165, 1.54) is 18.4 Å². The van der Waals surface area contributed by atoms with Crippen molar-refractivity contribution in [2.45, 2.75) is 57.0 Å². The second kappa shape index (κ2) is 12.0. The second-order valence-electron chi connectivity index (χ2n) is 12.0. The van der Waals surface area contributed by atoms with Gasteiger partial charge in [0.05, 0.1) is 18.6 Å². The molecular weight excluding hydrogens is 510 g/mol. The number of ketones is 1. The van der Waals surface area contributed by atoms with Gasteiger partial charge in [-0.2, -0.15) is 0 Å². The lowest BCUT2D eigenvalue weighted by Crippen LogP contribution is -2.54. The molecule has 3 aliphatic heterocycles. The summed E-state index contributed by atoms with van der Waals surface area (Å²) in [6, 6.07) is 18.7. The Bertz CT molecular complexity index is 1130. The van der Waals surface area contributed by atoms with Crippen molar-refractivity contribution in [3.05, 3.63) is 65.7 Å². The number of amides is 1. The van der Waals surface area contributed by atoms with Crippen LogP contribution in [0.25, 0.3) is 0 Å². The van der Waals surface area contributed by atoms with Gasteiger partial charge in [-0.15, -0.1) is 12.4 Å². The Labute approximate surface area is 238 Å². The molecule has 4 fully saturated rings. The lowest BCUT2D eigenvalue weighted by Gasteiger charge is -2.44. The number of methoxy groups -OCH3 is 1. The highest BCUT2D eigenvalue weighted by atomic mass is 35.5. The number of rotatable bonds is 9. The zero-order chi connectivity index (χ0) is 26.1. The third-order valence-electron chi connectivity index (χ3n) is 9.69. The summed E-state index contributed by atoms with van der Waals surface area (Å²) < 4.78 is 5.28. The van der Waals surface area contributed by atoms with Crippen LogP contribution in [0.2, 0.25) is 0 Å². The SMILES string of the molecule is COc1ccc(CN2CCC3(CCN(C(C(=O)CC4CC4)[C@@H]4CNC[C@@H]4c4ccccc4)CC3)C2=O)cc1.Cl. The molecule has 1 aliphatic carbocycles. The molecule has 6 rings (SSSR count). The van der Waals surface area contributed by atoms with Crippen molar-refractivity contribution in [1.29, 1.82) is 0 Å². The topological polar surface area (TPSA) is 61.9 Å². The van der Waals surface area contributed by atoms with Crippen molar-refractivity contribution in [2.24, 2.45) is 17.3 Å². The molecule has 6 nitrogen and oxygen atoms in total. The summed E-state index contributed by atoms with van der Waals surface area (Å²) in [5, 5.41) is 3.61. The minimum absolute atomic E-state index is 0. The minimum Gasteiger partial charge on any atom is -0.497 e. The first-order valence-electron chi connectivity index (χ1n) is 14.5. The van der Waals surface area contributed by atoms with Gasteiger partial charge in [-0.1, -0.05) is 42.5 Å². The normalized spacial score (nSPS) is 25.5. The molecule has 3 heterocycles. The molecule has 3 saturated heterocycles. The summed E-state index contributed by atoms with van der Waals surface area (Å²) in [5.41, 5.74) is 2.21. The fourth-order valence-electron chi connectivity index (χ4n) is 7.23. The van der Waals surface area contributed by atoms with Crippen LogP contribution in [0.1, 0.15) is 55.6 Å². The highest BCUT2D eigenvalue weighted by molar-refractivity contribution is 5.86. The maximum absolute atomic E-state index is 13.8. The zero-order valence-corrected chi connectivity index (χ0v) is 23.8. The van der Waals surface area contributed by atoms with Gasteiger partial charge < -0.3 is 15.0 Å². The number of carbonyl (C=O) groups excluding carboxylic acids is 2. The Balaban J connectivity index is 0.00000308. The first-order valence-corrected chi connectivity index (χ1v) is 14.5. The van der Waals surface area contributed by atoms with Crippen LogP contribution in [-0.2, 0) is 16.1 Å². The zero-order valence-electron chi connectivity index (χ0n) is 23.0. The summed E-state index contributed by atoms with van der Waals surface area (Å²) in [5.74, 6) is 2.80. The number of Topliss-reactive ketones (excluding diaryl/α,β-unsaturated/α-hetero) is 1. The molecular formula is C32H42ClN3O3. The Morgan fingerprint density at radius 3 is 2.36 bits per heavy atom. The summed E-state index contributed by atoms with van der Waals surface area (Å²) >= 11 is 0. The van der Waals surface area contributed by atoms with E-state index in [-0.39, 0.29) is 29.8 Å². The minimum atomic E-state index is -0.264. The fraction of sp³-hybridized carbons (Fsp3) is 0.562. The van der Waals surface area contributed by atoms with Crippen LogP contribution in [-0.4, -0.2) is 67.4 Å². The number of carbonyl (C=O) groups is 2. The van der Waals surface area contributed by atoms with Crippen LogP contribution >= 0.6 is 12.4 Å². The van der Waals surface area contributed by atoms with Crippen molar-refractivity contribution in [3.8, 4) is 5.75 Å². The highest BCUT2D eigenvalue weighted by Gasteiger charge is 2.50. The second-order valence-corrected chi connectivity index (χ2v) is 12.0. The van der Waals surface area contributed by atoms with E-state index >= 15 is 0 Å². The molecule has 0 aromatic heterocycles. The van der Waals surface area contributed by atoms with Crippen LogP contribution in [0.15, 0.2) is 54.6 Å². The van der Waals surface area contributed by atoms with Gasteiger partial charge in [0.15, 0.2) is 5.78 Å². The number of likely N-dealkylation sites (tertiary alicyclic amines) is 2. The average molecular weight is 552 g/mol. The molecule has 2 aromatic rings. The molecule has 0 bridgehead atoms. The smallest absolute Gasteiger partial charge is 0.229 e. The number of ether oxygens (including phenoxy) is 1. The standard InChI is InChI=1S/C32H41N3O3.ClH/c1-38-26-11-9-24(10-12-26)22-35-18-15-32(31(35)37)13-16-34(17-14-32)30(29(36)19-23-7-8-23)28-21-33-20-27(28)25-5-3-2-4-6-25;/h2-6,9-12,23,27-28,30,33H,7-8,13-22H2,1H3;1H/t27-,28-,30?;/m1./s1. The van der Waals surface area contributed by atoms with Gasteiger partial charge in [0.25, 0.3) is 0 Å². The Hall–Kier alpha value is -2.41. The van der Waals surface area contributed by atoms with Gasteiger partial charge >= 0.3 is 0 Å². The lowest BCUT2D eigenvalue weighted by atomic mass is 9.74. The first-order chi connectivity index (χ1) is 18.6.